The minimum atomic E-state index is 0.796. The predicted molar refractivity (Wildman–Crippen MR) is 51.3 cm³/mol. The molecule has 2 atom stereocenters. The van der Waals surface area contributed by atoms with Crippen LogP contribution in [0.1, 0.15) is 33.1 Å². The van der Waals surface area contributed by atoms with Crippen LogP contribution in [0.2, 0.25) is 0 Å². The summed E-state index contributed by atoms with van der Waals surface area (Å²) in [7, 11) is 0. The van der Waals surface area contributed by atoms with Crippen LogP contribution in [0, 0.1) is 5.92 Å². The third-order valence-electron chi connectivity index (χ3n) is 2.46. The highest BCUT2D eigenvalue weighted by Crippen LogP contribution is 2.09. The molecular formula is C10H21NO. The standard InChI is InChI=1S/C5H11N.C5H10O/c1-5-3-2-4-6-5;1-5-2-3-6-4-5/h5-6H,2-4H2,1H3;5H,2-4H2,1H3. The molecule has 2 rings (SSSR count). The molecule has 2 aliphatic heterocycles. The molecule has 0 bridgehead atoms. The molecule has 2 aliphatic rings. The predicted octanol–water partition coefficient (Wildman–Crippen LogP) is 1.80. The van der Waals surface area contributed by atoms with Crippen LogP contribution >= 0.6 is 0 Å². The van der Waals surface area contributed by atoms with Crippen molar-refractivity contribution in [3.05, 3.63) is 0 Å². The van der Waals surface area contributed by atoms with Crippen molar-refractivity contribution in [2.24, 2.45) is 5.92 Å². The number of rotatable bonds is 0. The number of nitrogens with one attached hydrogen (secondary N) is 1. The summed E-state index contributed by atoms with van der Waals surface area (Å²) in [6, 6.07) is 0.796. The first kappa shape index (κ1) is 10.0. The Morgan fingerprint density at radius 3 is 2.25 bits per heavy atom. The quantitative estimate of drug-likeness (QED) is 0.600. The number of hydrogen-bond acceptors (Lipinski definition) is 2. The van der Waals surface area contributed by atoms with Crippen LogP contribution in [-0.4, -0.2) is 25.8 Å². The van der Waals surface area contributed by atoms with Crippen molar-refractivity contribution >= 4 is 0 Å². The van der Waals surface area contributed by atoms with Crippen molar-refractivity contribution < 1.29 is 4.74 Å². The summed E-state index contributed by atoms with van der Waals surface area (Å²) >= 11 is 0. The molecule has 0 saturated carbocycles. The van der Waals surface area contributed by atoms with Crippen LogP contribution in [0.4, 0.5) is 0 Å². The van der Waals surface area contributed by atoms with Crippen LogP contribution in [0.5, 0.6) is 0 Å². The van der Waals surface area contributed by atoms with Crippen LogP contribution in [-0.2, 0) is 4.74 Å². The zero-order valence-corrected chi connectivity index (χ0v) is 8.31. The minimum absolute atomic E-state index is 0.796. The SMILES string of the molecule is CC1CCCN1.CC1CCOC1. The first-order valence-corrected chi connectivity index (χ1v) is 5.10. The topological polar surface area (TPSA) is 21.3 Å². The van der Waals surface area contributed by atoms with Crippen LogP contribution in [0.25, 0.3) is 0 Å². The molecule has 0 aromatic rings. The van der Waals surface area contributed by atoms with Crippen molar-refractivity contribution in [2.45, 2.75) is 39.2 Å². The summed E-state index contributed by atoms with van der Waals surface area (Å²) < 4.78 is 5.06. The highest BCUT2D eigenvalue weighted by Gasteiger charge is 2.07. The first-order valence-electron chi connectivity index (χ1n) is 5.10. The van der Waals surface area contributed by atoms with Gasteiger partial charge >= 0.3 is 0 Å². The van der Waals surface area contributed by atoms with E-state index in [1.54, 1.807) is 0 Å². The van der Waals surface area contributed by atoms with E-state index in [1.165, 1.54) is 25.8 Å². The first-order chi connectivity index (χ1) is 5.79. The van der Waals surface area contributed by atoms with Gasteiger partial charge in [-0.25, -0.2) is 0 Å². The normalized spacial score (nSPS) is 34.5. The molecular weight excluding hydrogens is 150 g/mol. The fraction of sp³-hybridized carbons (Fsp3) is 1.00. The molecule has 2 saturated heterocycles. The van der Waals surface area contributed by atoms with Gasteiger partial charge in [-0.05, 0) is 38.6 Å². The summed E-state index contributed by atoms with van der Waals surface area (Å²) in [5.41, 5.74) is 0. The van der Waals surface area contributed by atoms with E-state index < -0.39 is 0 Å². The van der Waals surface area contributed by atoms with Crippen LogP contribution in [0.15, 0.2) is 0 Å². The molecule has 0 aliphatic carbocycles. The summed E-state index contributed by atoms with van der Waals surface area (Å²) in [5, 5.41) is 3.32. The number of ether oxygens (including phenoxy) is 1. The van der Waals surface area contributed by atoms with Crippen molar-refractivity contribution in [2.75, 3.05) is 19.8 Å². The maximum Gasteiger partial charge on any atom is 0.0492 e. The molecule has 0 aromatic heterocycles. The van der Waals surface area contributed by atoms with Gasteiger partial charge in [0, 0.05) is 19.3 Å². The molecule has 0 radical (unpaired) electrons. The third-order valence-corrected chi connectivity index (χ3v) is 2.46. The molecule has 2 heteroatoms. The van der Waals surface area contributed by atoms with Gasteiger partial charge in [0.25, 0.3) is 0 Å². The van der Waals surface area contributed by atoms with Gasteiger partial charge in [-0.1, -0.05) is 6.92 Å². The monoisotopic (exact) mass is 171 g/mol. The Kier molecular flexibility index (Phi) is 4.62. The summed E-state index contributed by atoms with van der Waals surface area (Å²) in [5.74, 6) is 0.824. The van der Waals surface area contributed by atoms with E-state index in [-0.39, 0.29) is 0 Å². The lowest BCUT2D eigenvalue weighted by Crippen LogP contribution is -2.16. The molecule has 0 spiro atoms. The van der Waals surface area contributed by atoms with Crippen molar-refractivity contribution in [1.29, 1.82) is 0 Å². The second kappa shape index (κ2) is 5.55. The minimum Gasteiger partial charge on any atom is -0.381 e. The zero-order valence-electron chi connectivity index (χ0n) is 8.31. The van der Waals surface area contributed by atoms with E-state index in [1.807, 2.05) is 0 Å². The highest BCUT2D eigenvalue weighted by atomic mass is 16.5. The fourth-order valence-corrected chi connectivity index (χ4v) is 1.51. The lowest BCUT2D eigenvalue weighted by atomic mass is 10.2. The molecule has 72 valence electrons. The number of hydrogen-bond donors (Lipinski definition) is 1. The Bertz CT molecular complexity index is 90.4. The van der Waals surface area contributed by atoms with E-state index in [4.69, 9.17) is 4.74 Å². The van der Waals surface area contributed by atoms with Gasteiger partial charge in [0.2, 0.25) is 0 Å². The zero-order chi connectivity index (χ0) is 8.81. The van der Waals surface area contributed by atoms with E-state index >= 15 is 0 Å². The molecule has 2 heterocycles. The largest absolute Gasteiger partial charge is 0.381 e. The molecule has 0 aromatic carbocycles. The van der Waals surface area contributed by atoms with E-state index in [9.17, 15) is 0 Å². The molecule has 12 heavy (non-hydrogen) atoms. The Morgan fingerprint density at radius 1 is 1.25 bits per heavy atom. The highest BCUT2D eigenvalue weighted by molar-refractivity contribution is 4.67. The van der Waals surface area contributed by atoms with Gasteiger partial charge in [0.15, 0.2) is 0 Å². The average molecular weight is 171 g/mol. The van der Waals surface area contributed by atoms with Gasteiger partial charge < -0.3 is 10.1 Å². The van der Waals surface area contributed by atoms with Gasteiger partial charge in [-0.3, -0.25) is 0 Å². The van der Waals surface area contributed by atoms with Gasteiger partial charge in [0.05, 0.1) is 0 Å². The van der Waals surface area contributed by atoms with Gasteiger partial charge in [-0.15, -0.1) is 0 Å². The summed E-state index contributed by atoms with van der Waals surface area (Å²) in [4.78, 5) is 0. The fourth-order valence-electron chi connectivity index (χ4n) is 1.51. The van der Waals surface area contributed by atoms with E-state index in [0.717, 1.165) is 25.2 Å². The van der Waals surface area contributed by atoms with Crippen molar-refractivity contribution in [3.63, 3.8) is 0 Å². The van der Waals surface area contributed by atoms with Gasteiger partial charge in [-0.2, -0.15) is 0 Å². The van der Waals surface area contributed by atoms with Crippen molar-refractivity contribution in [1.82, 2.24) is 5.32 Å². The molecule has 2 unspecified atom stereocenters. The molecule has 2 nitrogen and oxygen atoms in total. The lowest BCUT2D eigenvalue weighted by molar-refractivity contribution is 0.188. The third kappa shape index (κ3) is 4.07. The molecule has 1 N–H and O–H groups in total. The second-order valence-electron chi connectivity index (χ2n) is 3.97. The Hall–Kier alpha value is -0.0800. The second-order valence-corrected chi connectivity index (χ2v) is 3.97. The summed E-state index contributed by atoms with van der Waals surface area (Å²) in [6.07, 6.45) is 4.02. The average Bonchev–Trinajstić information content (AvgIpc) is 2.63. The molecule has 2 fully saturated rings. The lowest BCUT2D eigenvalue weighted by Gasteiger charge is -1.95. The maximum absolute atomic E-state index is 5.06. The van der Waals surface area contributed by atoms with Crippen molar-refractivity contribution in [3.8, 4) is 0 Å². The van der Waals surface area contributed by atoms with Crippen LogP contribution < -0.4 is 5.32 Å². The Morgan fingerprint density at radius 2 is 2.08 bits per heavy atom. The Balaban J connectivity index is 0.000000120. The van der Waals surface area contributed by atoms with Gasteiger partial charge in [0.1, 0.15) is 0 Å². The van der Waals surface area contributed by atoms with Crippen LogP contribution in [0.3, 0.4) is 0 Å². The molecule has 0 amide bonds. The smallest absolute Gasteiger partial charge is 0.0492 e. The summed E-state index contributed by atoms with van der Waals surface area (Å²) in [6.45, 7) is 7.66. The Labute approximate surface area is 75.7 Å². The van der Waals surface area contributed by atoms with E-state index in [2.05, 4.69) is 19.2 Å². The maximum atomic E-state index is 5.06. The van der Waals surface area contributed by atoms with E-state index in [0.29, 0.717) is 0 Å².